The number of fused-ring (bicyclic) bond motifs is 2. The Morgan fingerprint density at radius 1 is 0.837 bits per heavy atom. The predicted octanol–water partition coefficient (Wildman–Crippen LogP) is 10.6. The van der Waals surface area contributed by atoms with Crippen LogP contribution >= 0.6 is 38.3 Å². The number of nitrogens with zero attached hydrogens (tertiary/aromatic N) is 2. The molecule has 5 rings (SSSR count). The summed E-state index contributed by atoms with van der Waals surface area (Å²) in [5.74, 6) is 0. The Balaban J connectivity index is 0.00000541. The van der Waals surface area contributed by atoms with Gasteiger partial charge in [0.05, 0.1) is 54.3 Å². The van der Waals surface area contributed by atoms with Gasteiger partial charge in [-0.15, -0.1) is 0 Å². The topological polar surface area (TPSA) is 78.2 Å². The minimum Gasteiger partial charge on any atom is -0.358 e. The Morgan fingerprint density at radius 2 is 1.47 bits per heavy atom. The van der Waals surface area contributed by atoms with E-state index in [4.69, 9.17) is 18.1 Å². The molecule has 0 amide bonds. The highest BCUT2D eigenvalue weighted by Gasteiger charge is 2.32. The van der Waals surface area contributed by atoms with E-state index in [-0.39, 0.29) is 7.43 Å². The molecule has 0 atom stereocenters. The van der Waals surface area contributed by atoms with Crippen molar-refractivity contribution in [3.63, 3.8) is 0 Å². The fourth-order valence-electron chi connectivity index (χ4n) is 6.79. The third-order valence-electron chi connectivity index (χ3n) is 9.00. The first-order valence-corrected chi connectivity index (χ1v) is 22.8. The van der Waals surface area contributed by atoms with E-state index in [1.54, 1.807) is 0 Å². The number of thioether (sulfide) groups is 1. The zero-order valence-electron chi connectivity index (χ0n) is 30.3. The molecule has 0 bridgehead atoms. The van der Waals surface area contributed by atoms with E-state index in [0.717, 1.165) is 45.2 Å². The van der Waals surface area contributed by atoms with Gasteiger partial charge in [-0.1, -0.05) is 35.2 Å². The number of anilines is 1. The Bertz CT molecular complexity index is 1600. The molecule has 0 N–H and O–H groups in total. The highest BCUT2D eigenvalue weighted by molar-refractivity contribution is 8.03. The van der Waals surface area contributed by atoms with Gasteiger partial charge in [-0.2, -0.15) is 4.57 Å². The van der Waals surface area contributed by atoms with Crippen LogP contribution in [0, 0.1) is 7.43 Å². The number of allylic oxidation sites excluding steroid dienone is 4. The number of hydrogen-bond donors (Lipinski definition) is 0. The summed E-state index contributed by atoms with van der Waals surface area (Å²) in [5, 5.41) is 2.51. The molecule has 8 nitrogen and oxygen atoms in total. The lowest BCUT2D eigenvalue weighted by Gasteiger charge is -2.22. The van der Waals surface area contributed by atoms with Crippen LogP contribution in [0.4, 0.5) is 5.69 Å². The molecular weight excluding hydrogens is 694 g/mol. The Labute approximate surface area is 303 Å². The van der Waals surface area contributed by atoms with Gasteiger partial charge < -0.3 is 30.4 Å². The molecule has 0 saturated carbocycles. The predicted molar refractivity (Wildman–Crippen MR) is 206 cm³/mol. The van der Waals surface area contributed by atoms with Gasteiger partial charge in [0.1, 0.15) is 0 Å². The van der Waals surface area contributed by atoms with Crippen LogP contribution in [-0.2, 0) is 46.6 Å². The number of thiazole rings is 1. The summed E-state index contributed by atoms with van der Waals surface area (Å²) >= 11 is 3.75. The monoisotopic (exact) mass is 750 g/mol. The van der Waals surface area contributed by atoms with Crippen LogP contribution < -0.4 is 9.47 Å². The van der Waals surface area contributed by atoms with E-state index in [1.807, 2.05) is 50.8 Å². The SMILES string of the molecule is CCOP(=O)(CCCN1/C(=C/C2=C(C)C(=C/c3sc4c([n+]3CCCP(=O)(OCC)OCC)CCCC4)/CC2)Sc2ccccc21)OCC.[CH3-]. The molecule has 0 fully saturated rings. The summed E-state index contributed by atoms with van der Waals surface area (Å²) in [6.07, 6.45) is 13.8. The second kappa shape index (κ2) is 18.8. The van der Waals surface area contributed by atoms with Gasteiger partial charge in [-0.3, -0.25) is 9.13 Å². The zero-order chi connectivity index (χ0) is 34.1. The first-order valence-electron chi connectivity index (χ1n) is 17.7. The summed E-state index contributed by atoms with van der Waals surface area (Å²) in [7, 11) is -6.15. The van der Waals surface area contributed by atoms with Crippen LogP contribution in [0.25, 0.3) is 6.08 Å². The van der Waals surface area contributed by atoms with Crippen molar-refractivity contribution in [3.8, 4) is 0 Å². The summed E-state index contributed by atoms with van der Waals surface area (Å²) in [6.45, 7) is 12.8. The average Bonchev–Trinajstić information content (AvgIpc) is 3.71. The molecule has 0 unspecified atom stereocenters. The van der Waals surface area contributed by atoms with Crippen molar-refractivity contribution in [2.75, 3.05) is 50.2 Å². The summed E-state index contributed by atoms with van der Waals surface area (Å²) < 4.78 is 51.1. The summed E-state index contributed by atoms with van der Waals surface area (Å²) in [6, 6.07) is 8.53. The average molecular weight is 751 g/mol. The molecule has 49 heavy (non-hydrogen) atoms. The number of rotatable bonds is 18. The Morgan fingerprint density at radius 3 is 2.14 bits per heavy atom. The fraction of sp³-hybridized carbons (Fsp3) is 0.568. The standard InChI is InChI=1S/C36H53N2O6P2S2.CH3/c1-6-41-45(39,42-7-2)24-14-22-37-31-16-10-12-18-33(31)47-35(37)26-29-20-21-30(28(29)5)27-36-38(32-17-11-13-19-34(32)48-36)23-15-25-46(40,43-8-3)44-9-4;/h10,12,16,18,26-27H,6-9,11,13-15,17,19-25H2,1-5H3;1H3/q+1;-1. The van der Waals surface area contributed by atoms with E-state index in [2.05, 4.69) is 52.8 Å². The fourth-order valence-corrected chi connectivity index (χ4v) is 12.6. The van der Waals surface area contributed by atoms with Crippen molar-refractivity contribution in [1.82, 2.24) is 0 Å². The number of hydrogen-bond acceptors (Lipinski definition) is 9. The maximum Gasteiger partial charge on any atom is 0.330 e. The van der Waals surface area contributed by atoms with Crippen molar-refractivity contribution in [3.05, 3.63) is 75.1 Å². The minimum absolute atomic E-state index is 0. The van der Waals surface area contributed by atoms with Gasteiger partial charge in [0.2, 0.25) is 0 Å². The second-order valence-electron chi connectivity index (χ2n) is 12.2. The van der Waals surface area contributed by atoms with E-state index in [1.165, 1.54) is 60.8 Å². The zero-order valence-corrected chi connectivity index (χ0v) is 33.8. The van der Waals surface area contributed by atoms with Gasteiger partial charge >= 0.3 is 15.2 Å². The highest BCUT2D eigenvalue weighted by Crippen LogP contribution is 2.51. The number of benzene rings is 1. The van der Waals surface area contributed by atoms with E-state index < -0.39 is 15.2 Å². The molecule has 3 aliphatic rings. The van der Waals surface area contributed by atoms with Gasteiger partial charge in [0.25, 0.3) is 5.01 Å². The van der Waals surface area contributed by atoms with E-state index in [0.29, 0.717) is 45.2 Å². The molecular formula is C37H56N2O6P2S2. The highest BCUT2D eigenvalue weighted by atomic mass is 32.2. The molecule has 2 aliphatic carbocycles. The first-order chi connectivity index (χ1) is 23.2. The number of aromatic nitrogens is 1. The normalized spacial score (nSPS) is 18.0. The van der Waals surface area contributed by atoms with Crippen molar-refractivity contribution < 1.29 is 31.8 Å². The maximum absolute atomic E-state index is 13.2. The number of aryl methyl sites for hydroxylation is 1. The Kier molecular flexibility index (Phi) is 15.5. The molecule has 2 heterocycles. The van der Waals surface area contributed by atoms with Crippen molar-refractivity contribution in [2.24, 2.45) is 0 Å². The van der Waals surface area contributed by atoms with Crippen molar-refractivity contribution in [2.45, 2.75) is 97.4 Å². The van der Waals surface area contributed by atoms with E-state index >= 15 is 0 Å². The first kappa shape index (κ1) is 40.3. The third-order valence-corrected chi connectivity index (χ3v) is 15.7. The van der Waals surface area contributed by atoms with Gasteiger partial charge in [0.15, 0.2) is 12.2 Å². The van der Waals surface area contributed by atoms with Crippen molar-refractivity contribution in [1.29, 1.82) is 0 Å². The molecule has 1 aromatic carbocycles. The molecule has 12 heteroatoms. The smallest absolute Gasteiger partial charge is 0.330 e. The minimum atomic E-state index is -3.09. The quantitative estimate of drug-likeness (QED) is 0.0847. The van der Waals surface area contributed by atoms with Gasteiger partial charge in [0, 0.05) is 30.4 Å². The summed E-state index contributed by atoms with van der Waals surface area (Å²) in [4.78, 5) is 5.12. The third kappa shape index (κ3) is 10.1. The second-order valence-corrected chi connectivity index (χ2v) is 18.8. The molecule has 0 saturated heterocycles. The molecule has 272 valence electrons. The molecule has 2 aromatic rings. The lowest BCUT2D eigenvalue weighted by Crippen LogP contribution is -2.40. The summed E-state index contributed by atoms with van der Waals surface area (Å²) in [5.41, 5.74) is 6.78. The molecule has 0 spiro atoms. The van der Waals surface area contributed by atoms with Crippen molar-refractivity contribution >= 4 is 50.1 Å². The lowest BCUT2D eigenvalue weighted by molar-refractivity contribution is -0.701. The molecule has 0 radical (unpaired) electrons. The largest absolute Gasteiger partial charge is 0.358 e. The maximum atomic E-state index is 13.2. The van der Waals surface area contributed by atoms with Gasteiger partial charge in [-0.05, 0) is 108 Å². The van der Waals surface area contributed by atoms with Crippen LogP contribution in [-0.4, -0.2) is 45.3 Å². The number of para-hydroxylation sites is 1. The van der Waals surface area contributed by atoms with E-state index in [9.17, 15) is 9.13 Å². The van der Waals surface area contributed by atoms with Crippen LogP contribution in [0.1, 0.15) is 88.7 Å². The Hall–Kier alpha value is -1.48. The van der Waals surface area contributed by atoms with Crippen LogP contribution in [0.15, 0.2) is 57.0 Å². The molecule has 1 aromatic heterocycles. The lowest BCUT2D eigenvalue weighted by atomic mass is 10.0. The van der Waals surface area contributed by atoms with Crippen LogP contribution in [0.5, 0.6) is 0 Å². The van der Waals surface area contributed by atoms with Gasteiger partial charge in [-0.25, -0.2) is 0 Å². The van der Waals surface area contributed by atoms with Crippen LogP contribution in [0.3, 0.4) is 0 Å². The molecule has 1 aliphatic heterocycles. The van der Waals surface area contributed by atoms with Crippen LogP contribution in [0.2, 0.25) is 0 Å².